The molecule has 3 N–H and O–H groups in total. The molecule has 2 heterocycles. The van der Waals surface area contributed by atoms with Crippen LogP contribution in [0.1, 0.15) is 23.3 Å². The molecule has 4 amide bonds. The fourth-order valence-corrected chi connectivity index (χ4v) is 2.88. The summed E-state index contributed by atoms with van der Waals surface area (Å²) in [4.78, 5) is 42.2. The lowest BCUT2D eigenvalue weighted by atomic mass is 9.98. The number of aromatic nitrogens is 1. The first kappa shape index (κ1) is 18.4. The van der Waals surface area contributed by atoms with Gasteiger partial charge in [0.25, 0.3) is 5.91 Å². The molecule has 0 spiro atoms. The Morgan fingerprint density at radius 2 is 1.78 bits per heavy atom. The third-order valence-electron chi connectivity index (χ3n) is 4.30. The van der Waals surface area contributed by atoms with E-state index in [1.54, 1.807) is 35.2 Å². The summed E-state index contributed by atoms with van der Waals surface area (Å²) >= 11 is 0. The van der Waals surface area contributed by atoms with Crippen molar-refractivity contribution in [1.29, 1.82) is 0 Å². The van der Waals surface area contributed by atoms with E-state index in [9.17, 15) is 14.4 Å². The highest BCUT2D eigenvalue weighted by Crippen LogP contribution is 2.18. The van der Waals surface area contributed by atoms with E-state index in [0.717, 1.165) is 0 Å². The number of pyridine rings is 1. The number of hydrazine groups is 1. The number of hydrogen-bond donors (Lipinski definition) is 3. The zero-order valence-electron chi connectivity index (χ0n) is 14.7. The average Bonchev–Trinajstić information content (AvgIpc) is 2.73. The highest BCUT2D eigenvalue weighted by molar-refractivity contribution is 5.94. The van der Waals surface area contributed by atoms with Crippen molar-refractivity contribution in [2.75, 3.05) is 18.4 Å². The molecule has 0 unspecified atom stereocenters. The number of likely N-dealkylation sites (tertiary alicyclic amines) is 1. The SMILES string of the molecule is O=C(NNC(=O)[C@@H]1CCCN(C(=O)Nc2ccccc2)C1)c1ccccn1. The number of amides is 4. The summed E-state index contributed by atoms with van der Waals surface area (Å²) in [6.45, 7) is 0.882. The van der Waals surface area contributed by atoms with Gasteiger partial charge in [-0.05, 0) is 37.1 Å². The molecule has 1 aromatic carbocycles. The molecule has 0 saturated carbocycles. The van der Waals surface area contributed by atoms with E-state index in [4.69, 9.17) is 0 Å². The van der Waals surface area contributed by atoms with Crippen molar-refractivity contribution in [2.45, 2.75) is 12.8 Å². The molecule has 3 rings (SSSR count). The first-order chi connectivity index (χ1) is 13.1. The standard InChI is InChI=1S/C19H21N5O3/c25-17(22-23-18(26)16-10-4-5-11-20-16)14-7-6-12-24(13-14)19(27)21-15-8-2-1-3-9-15/h1-5,8-11,14H,6-7,12-13H2,(H,21,27)(H,22,25)(H,23,26)/t14-/m1/s1. The molecular formula is C19H21N5O3. The number of carbonyl (C=O) groups is 3. The fourth-order valence-electron chi connectivity index (χ4n) is 2.88. The van der Waals surface area contributed by atoms with Crippen LogP contribution in [-0.4, -0.2) is 40.8 Å². The van der Waals surface area contributed by atoms with Gasteiger partial charge in [0, 0.05) is 25.0 Å². The van der Waals surface area contributed by atoms with Gasteiger partial charge < -0.3 is 10.2 Å². The Bertz CT molecular complexity index is 798. The molecule has 1 aliphatic rings. The van der Waals surface area contributed by atoms with Gasteiger partial charge in [-0.3, -0.25) is 25.4 Å². The number of piperidine rings is 1. The van der Waals surface area contributed by atoms with Crippen LogP contribution in [-0.2, 0) is 4.79 Å². The third-order valence-corrected chi connectivity index (χ3v) is 4.30. The van der Waals surface area contributed by atoms with Gasteiger partial charge in [-0.15, -0.1) is 0 Å². The molecule has 1 fully saturated rings. The topological polar surface area (TPSA) is 103 Å². The van der Waals surface area contributed by atoms with E-state index in [0.29, 0.717) is 31.6 Å². The van der Waals surface area contributed by atoms with Gasteiger partial charge in [-0.1, -0.05) is 24.3 Å². The van der Waals surface area contributed by atoms with E-state index in [-0.39, 0.29) is 23.6 Å². The van der Waals surface area contributed by atoms with Crippen LogP contribution in [0, 0.1) is 5.92 Å². The number of urea groups is 1. The van der Waals surface area contributed by atoms with Crippen LogP contribution >= 0.6 is 0 Å². The molecule has 0 radical (unpaired) electrons. The van der Waals surface area contributed by atoms with Crippen molar-refractivity contribution in [3.8, 4) is 0 Å². The number of carbonyl (C=O) groups excluding carboxylic acids is 3. The fraction of sp³-hybridized carbons (Fsp3) is 0.263. The van der Waals surface area contributed by atoms with Crippen LogP contribution in [0.2, 0.25) is 0 Å². The minimum Gasteiger partial charge on any atom is -0.324 e. The lowest BCUT2D eigenvalue weighted by Crippen LogP contribution is -2.50. The van der Waals surface area contributed by atoms with Gasteiger partial charge in [0.2, 0.25) is 5.91 Å². The Hall–Kier alpha value is -3.42. The maximum Gasteiger partial charge on any atom is 0.321 e. The summed E-state index contributed by atoms with van der Waals surface area (Å²) in [5.74, 6) is -1.20. The highest BCUT2D eigenvalue weighted by atomic mass is 16.2. The number of hydrogen-bond acceptors (Lipinski definition) is 4. The number of rotatable bonds is 3. The maximum atomic E-state index is 12.4. The molecule has 1 aromatic heterocycles. The van der Waals surface area contributed by atoms with Crippen LogP contribution in [0.4, 0.5) is 10.5 Å². The number of nitrogens with zero attached hydrogens (tertiary/aromatic N) is 2. The third kappa shape index (κ3) is 5.04. The molecule has 0 bridgehead atoms. The molecule has 1 aliphatic heterocycles. The van der Waals surface area contributed by atoms with Crippen molar-refractivity contribution in [2.24, 2.45) is 5.92 Å². The Kier molecular flexibility index (Phi) is 5.98. The molecule has 0 aliphatic carbocycles. The maximum absolute atomic E-state index is 12.4. The summed E-state index contributed by atoms with van der Waals surface area (Å²) in [6, 6.07) is 13.9. The molecule has 8 nitrogen and oxygen atoms in total. The van der Waals surface area contributed by atoms with Crippen LogP contribution in [0.5, 0.6) is 0 Å². The summed E-state index contributed by atoms with van der Waals surface area (Å²) in [5, 5.41) is 2.82. The number of benzene rings is 1. The minimum absolute atomic E-state index is 0.213. The normalized spacial score (nSPS) is 16.3. The monoisotopic (exact) mass is 367 g/mol. The van der Waals surface area contributed by atoms with Crippen molar-refractivity contribution in [3.05, 3.63) is 60.4 Å². The van der Waals surface area contributed by atoms with Gasteiger partial charge in [-0.25, -0.2) is 4.79 Å². The Labute approximate surface area is 156 Å². The lowest BCUT2D eigenvalue weighted by molar-refractivity contribution is -0.127. The van der Waals surface area contributed by atoms with Crippen LogP contribution < -0.4 is 16.2 Å². The molecule has 1 saturated heterocycles. The lowest BCUT2D eigenvalue weighted by Gasteiger charge is -2.32. The van der Waals surface area contributed by atoms with Gasteiger partial charge >= 0.3 is 6.03 Å². The Balaban J connectivity index is 1.50. The van der Waals surface area contributed by atoms with Gasteiger partial charge in [0.1, 0.15) is 5.69 Å². The summed E-state index contributed by atoms with van der Waals surface area (Å²) in [7, 11) is 0. The van der Waals surface area contributed by atoms with E-state index >= 15 is 0 Å². The average molecular weight is 367 g/mol. The first-order valence-corrected chi connectivity index (χ1v) is 8.75. The predicted octanol–water partition coefficient (Wildman–Crippen LogP) is 1.79. The van der Waals surface area contributed by atoms with Crippen molar-refractivity contribution in [3.63, 3.8) is 0 Å². The molecule has 140 valence electrons. The molecule has 1 atom stereocenters. The van der Waals surface area contributed by atoms with Crippen molar-refractivity contribution < 1.29 is 14.4 Å². The first-order valence-electron chi connectivity index (χ1n) is 8.75. The minimum atomic E-state index is -0.488. The second-order valence-corrected chi connectivity index (χ2v) is 6.24. The number of para-hydroxylation sites is 1. The van der Waals surface area contributed by atoms with Crippen LogP contribution in [0.25, 0.3) is 0 Å². The Morgan fingerprint density at radius 1 is 1.00 bits per heavy atom. The largest absolute Gasteiger partial charge is 0.324 e. The van der Waals surface area contributed by atoms with E-state index in [2.05, 4.69) is 21.2 Å². The molecule has 2 aromatic rings. The van der Waals surface area contributed by atoms with E-state index in [1.807, 2.05) is 18.2 Å². The molecular weight excluding hydrogens is 346 g/mol. The number of nitrogens with one attached hydrogen (secondary N) is 3. The van der Waals surface area contributed by atoms with Gasteiger partial charge in [0.15, 0.2) is 0 Å². The van der Waals surface area contributed by atoms with Gasteiger partial charge in [0.05, 0.1) is 5.92 Å². The summed E-state index contributed by atoms with van der Waals surface area (Å²) in [6.07, 6.45) is 2.87. The van der Waals surface area contributed by atoms with Crippen molar-refractivity contribution in [1.82, 2.24) is 20.7 Å². The second kappa shape index (κ2) is 8.79. The van der Waals surface area contributed by atoms with Gasteiger partial charge in [-0.2, -0.15) is 0 Å². The van der Waals surface area contributed by atoms with E-state index in [1.165, 1.54) is 6.20 Å². The summed E-state index contributed by atoms with van der Waals surface area (Å²) < 4.78 is 0. The summed E-state index contributed by atoms with van der Waals surface area (Å²) in [5.41, 5.74) is 5.70. The second-order valence-electron chi connectivity index (χ2n) is 6.24. The Morgan fingerprint density at radius 3 is 2.52 bits per heavy atom. The quantitative estimate of drug-likeness (QED) is 0.720. The number of anilines is 1. The highest BCUT2D eigenvalue weighted by Gasteiger charge is 2.28. The predicted molar refractivity (Wildman–Crippen MR) is 99.6 cm³/mol. The van der Waals surface area contributed by atoms with Crippen molar-refractivity contribution >= 4 is 23.5 Å². The zero-order valence-corrected chi connectivity index (χ0v) is 14.7. The molecule has 27 heavy (non-hydrogen) atoms. The molecule has 8 heteroatoms. The van der Waals surface area contributed by atoms with Crippen LogP contribution in [0.3, 0.4) is 0 Å². The van der Waals surface area contributed by atoms with Crippen LogP contribution in [0.15, 0.2) is 54.7 Å². The van der Waals surface area contributed by atoms with E-state index < -0.39 is 5.91 Å². The zero-order chi connectivity index (χ0) is 19.1. The smallest absolute Gasteiger partial charge is 0.321 e.